The molecule has 0 radical (unpaired) electrons. The van der Waals surface area contributed by atoms with Gasteiger partial charge in [-0.2, -0.15) is 0 Å². The molecule has 0 bridgehead atoms. The molecule has 3 aromatic rings. The van der Waals surface area contributed by atoms with Crippen molar-refractivity contribution in [2.45, 2.75) is 12.5 Å². The van der Waals surface area contributed by atoms with Crippen LogP contribution in [0, 0.1) is 0 Å². The third-order valence-corrected chi connectivity index (χ3v) is 4.29. The number of esters is 1. The molecule has 1 amide bonds. The summed E-state index contributed by atoms with van der Waals surface area (Å²) < 4.78 is 4.84. The number of nitrogens with zero attached hydrogens (tertiary/aromatic N) is 2. The van der Waals surface area contributed by atoms with E-state index in [9.17, 15) is 9.59 Å². The van der Waals surface area contributed by atoms with Crippen LogP contribution in [0.1, 0.15) is 21.6 Å². The first-order valence-electron chi connectivity index (χ1n) is 8.41. The Morgan fingerprint density at radius 1 is 1.32 bits per heavy atom. The Morgan fingerprint density at radius 2 is 2.11 bits per heavy atom. The van der Waals surface area contributed by atoms with Crippen LogP contribution in [0.2, 0.25) is 0 Å². The van der Waals surface area contributed by atoms with Crippen molar-refractivity contribution in [3.63, 3.8) is 0 Å². The molecule has 0 fully saturated rings. The molecule has 0 saturated carbocycles. The van der Waals surface area contributed by atoms with Crippen molar-refractivity contribution < 1.29 is 19.5 Å². The number of aromatic nitrogens is 2. The van der Waals surface area contributed by atoms with Gasteiger partial charge in [-0.1, -0.05) is 23.4 Å². The summed E-state index contributed by atoms with van der Waals surface area (Å²) in [5.41, 5.74) is 7.45. The fraction of sp³-hybridized carbons (Fsp3) is 0.158. The predicted molar refractivity (Wildman–Crippen MR) is 102 cm³/mol. The average molecular weight is 381 g/mol. The lowest BCUT2D eigenvalue weighted by molar-refractivity contribution is -0.142. The summed E-state index contributed by atoms with van der Waals surface area (Å²) in [5.74, 6) is -1.49. The van der Waals surface area contributed by atoms with E-state index in [1.54, 1.807) is 6.20 Å². The standard InChI is InChI=1S/C19H19N5O4/c1-28-19(26)15(9-11-10-22-14-7-3-2-5-12(11)14)23-18(25)13-6-4-8-21-16(13)17(20)24-27/h2-8,10,15,22,27H,9H2,1H3,(H2,20,24)(H,23,25)/t15-/m0/s1. The highest BCUT2D eigenvalue weighted by Crippen LogP contribution is 2.19. The molecule has 0 aliphatic heterocycles. The van der Waals surface area contributed by atoms with Crippen molar-refractivity contribution >= 4 is 28.6 Å². The summed E-state index contributed by atoms with van der Waals surface area (Å²) in [7, 11) is 1.25. The minimum absolute atomic E-state index is 0.0122. The van der Waals surface area contributed by atoms with Crippen molar-refractivity contribution in [2.24, 2.45) is 10.9 Å². The highest BCUT2D eigenvalue weighted by atomic mass is 16.5. The molecule has 3 rings (SSSR count). The van der Waals surface area contributed by atoms with Crippen LogP contribution < -0.4 is 11.1 Å². The van der Waals surface area contributed by atoms with Gasteiger partial charge in [0, 0.05) is 29.7 Å². The van der Waals surface area contributed by atoms with Crippen LogP contribution in [0.4, 0.5) is 0 Å². The van der Waals surface area contributed by atoms with Gasteiger partial charge < -0.3 is 26.0 Å². The van der Waals surface area contributed by atoms with Gasteiger partial charge in [0.15, 0.2) is 5.84 Å². The van der Waals surface area contributed by atoms with E-state index in [1.165, 1.54) is 25.4 Å². The highest BCUT2D eigenvalue weighted by molar-refractivity contribution is 6.08. The summed E-state index contributed by atoms with van der Waals surface area (Å²) in [6, 6.07) is 9.71. The van der Waals surface area contributed by atoms with Gasteiger partial charge in [-0.15, -0.1) is 0 Å². The number of benzene rings is 1. The second-order valence-electron chi connectivity index (χ2n) is 6.00. The number of nitrogens with one attached hydrogen (secondary N) is 2. The second kappa shape index (κ2) is 8.21. The van der Waals surface area contributed by atoms with Gasteiger partial charge in [0.1, 0.15) is 11.7 Å². The lowest BCUT2D eigenvalue weighted by Gasteiger charge is -2.17. The van der Waals surface area contributed by atoms with Gasteiger partial charge in [0.05, 0.1) is 12.7 Å². The molecule has 5 N–H and O–H groups in total. The van der Waals surface area contributed by atoms with Gasteiger partial charge >= 0.3 is 5.97 Å². The number of hydrogen-bond acceptors (Lipinski definition) is 6. The van der Waals surface area contributed by atoms with E-state index in [-0.39, 0.29) is 23.5 Å². The third kappa shape index (κ3) is 3.78. The number of hydrogen-bond donors (Lipinski definition) is 4. The molecule has 9 heteroatoms. The lowest BCUT2D eigenvalue weighted by Crippen LogP contribution is -2.43. The molecule has 1 atom stereocenters. The van der Waals surface area contributed by atoms with Gasteiger partial charge in [-0.3, -0.25) is 9.78 Å². The Hall–Kier alpha value is -3.88. The lowest BCUT2D eigenvalue weighted by atomic mass is 10.0. The van der Waals surface area contributed by atoms with Crippen LogP contribution in [-0.4, -0.2) is 46.0 Å². The van der Waals surface area contributed by atoms with Crippen LogP contribution in [-0.2, 0) is 16.0 Å². The normalized spacial score (nSPS) is 12.5. The molecule has 1 aromatic carbocycles. The Labute approximate surface area is 160 Å². The smallest absolute Gasteiger partial charge is 0.328 e. The summed E-state index contributed by atoms with van der Waals surface area (Å²) in [6.07, 6.45) is 3.42. The summed E-state index contributed by atoms with van der Waals surface area (Å²) >= 11 is 0. The maximum atomic E-state index is 12.7. The Bertz CT molecular complexity index is 1040. The fourth-order valence-corrected chi connectivity index (χ4v) is 2.93. The topological polar surface area (TPSA) is 143 Å². The van der Waals surface area contributed by atoms with E-state index in [1.807, 2.05) is 24.3 Å². The van der Waals surface area contributed by atoms with Crippen molar-refractivity contribution in [1.29, 1.82) is 0 Å². The molecule has 9 nitrogen and oxygen atoms in total. The number of rotatable bonds is 6. The number of carbonyl (C=O) groups is 2. The largest absolute Gasteiger partial charge is 0.467 e. The number of carbonyl (C=O) groups excluding carboxylic acids is 2. The first kappa shape index (κ1) is 18.9. The average Bonchev–Trinajstić information content (AvgIpc) is 3.15. The van der Waals surface area contributed by atoms with Crippen LogP contribution in [0.3, 0.4) is 0 Å². The SMILES string of the molecule is COC(=O)[C@H](Cc1c[nH]c2ccccc12)NC(=O)c1cccnc1/C(N)=N/O. The highest BCUT2D eigenvalue weighted by Gasteiger charge is 2.25. The maximum Gasteiger partial charge on any atom is 0.328 e. The van der Waals surface area contributed by atoms with Crippen LogP contribution >= 0.6 is 0 Å². The Kier molecular flexibility index (Phi) is 5.54. The van der Waals surface area contributed by atoms with Crippen molar-refractivity contribution in [3.8, 4) is 0 Å². The van der Waals surface area contributed by atoms with Gasteiger partial charge in [-0.25, -0.2) is 4.79 Å². The number of ether oxygens (including phenoxy) is 1. The molecule has 2 heterocycles. The van der Waals surface area contributed by atoms with Gasteiger partial charge in [0.2, 0.25) is 0 Å². The van der Waals surface area contributed by atoms with E-state index < -0.39 is 17.9 Å². The van der Waals surface area contributed by atoms with Gasteiger partial charge in [-0.05, 0) is 23.8 Å². The van der Waals surface area contributed by atoms with Crippen molar-refractivity contribution in [1.82, 2.24) is 15.3 Å². The minimum atomic E-state index is -0.933. The molecule has 0 aliphatic rings. The Balaban J connectivity index is 1.88. The maximum absolute atomic E-state index is 12.7. The van der Waals surface area contributed by atoms with Crippen molar-refractivity contribution in [2.75, 3.05) is 7.11 Å². The van der Waals surface area contributed by atoms with E-state index in [0.29, 0.717) is 0 Å². The number of methoxy groups -OCH3 is 1. The van der Waals surface area contributed by atoms with E-state index in [0.717, 1.165) is 16.5 Å². The van der Waals surface area contributed by atoms with Gasteiger partial charge in [0.25, 0.3) is 5.91 Å². The molecule has 0 spiro atoms. The zero-order valence-corrected chi connectivity index (χ0v) is 15.0. The molecular weight excluding hydrogens is 362 g/mol. The summed E-state index contributed by atoms with van der Waals surface area (Å²) in [5, 5.41) is 15.4. The second-order valence-corrected chi connectivity index (χ2v) is 6.00. The number of fused-ring (bicyclic) bond motifs is 1. The number of nitrogens with two attached hydrogens (primary N) is 1. The first-order chi connectivity index (χ1) is 13.5. The van der Waals surface area contributed by atoms with E-state index in [2.05, 4.69) is 20.4 Å². The van der Waals surface area contributed by atoms with E-state index in [4.69, 9.17) is 15.7 Å². The zero-order chi connectivity index (χ0) is 20.1. The minimum Gasteiger partial charge on any atom is -0.467 e. The fourth-order valence-electron chi connectivity index (χ4n) is 2.93. The summed E-state index contributed by atoms with van der Waals surface area (Å²) in [4.78, 5) is 32.1. The number of oxime groups is 1. The first-order valence-corrected chi connectivity index (χ1v) is 8.41. The molecule has 28 heavy (non-hydrogen) atoms. The quantitative estimate of drug-likeness (QED) is 0.166. The van der Waals surface area contributed by atoms with E-state index >= 15 is 0 Å². The number of pyridine rings is 1. The molecule has 0 aliphatic carbocycles. The molecule has 0 saturated heterocycles. The van der Waals surface area contributed by atoms with Crippen LogP contribution in [0.5, 0.6) is 0 Å². The number of amidine groups is 1. The number of para-hydroxylation sites is 1. The predicted octanol–water partition coefficient (Wildman–Crippen LogP) is 1.17. The zero-order valence-electron chi connectivity index (χ0n) is 15.0. The molecule has 0 unspecified atom stereocenters. The molecule has 144 valence electrons. The Morgan fingerprint density at radius 3 is 2.86 bits per heavy atom. The number of amides is 1. The molecule has 2 aromatic heterocycles. The number of H-pyrrole nitrogens is 1. The van der Waals surface area contributed by atoms with Crippen LogP contribution in [0.15, 0.2) is 53.9 Å². The molecular formula is C19H19N5O4. The van der Waals surface area contributed by atoms with Crippen LogP contribution in [0.25, 0.3) is 10.9 Å². The number of aromatic amines is 1. The summed E-state index contributed by atoms with van der Waals surface area (Å²) in [6.45, 7) is 0. The third-order valence-electron chi connectivity index (χ3n) is 4.29. The monoisotopic (exact) mass is 381 g/mol. The van der Waals surface area contributed by atoms with Crippen molar-refractivity contribution in [3.05, 3.63) is 65.6 Å².